The van der Waals surface area contributed by atoms with Gasteiger partial charge in [-0.1, -0.05) is 15.9 Å². The fourth-order valence-electron chi connectivity index (χ4n) is 1.64. The van der Waals surface area contributed by atoms with Gasteiger partial charge in [0.1, 0.15) is 5.82 Å². The third kappa shape index (κ3) is 2.08. The third-order valence-corrected chi connectivity index (χ3v) is 2.86. The Kier molecular flexibility index (Phi) is 3.23. The van der Waals surface area contributed by atoms with E-state index in [1.807, 2.05) is 12.1 Å². The Labute approximate surface area is 107 Å². The van der Waals surface area contributed by atoms with Gasteiger partial charge < -0.3 is 15.2 Å². The highest BCUT2D eigenvalue weighted by atomic mass is 79.9. The number of halogens is 1. The maximum atomic E-state index is 5.81. The number of hydrogen-bond donors (Lipinski definition) is 2. The molecule has 0 saturated heterocycles. The zero-order valence-electron chi connectivity index (χ0n) is 9.45. The molecule has 6 heteroatoms. The van der Waals surface area contributed by atoms with Gasteiger partial charge in [0, 0.05) is 15.6 Å². The molecule has 1 heterocycles. The van der Waals surface area contributed by atoms with E-state index in [4.69, 9.17) is 15.2 Å². The maximum absolute atomic E-state index is 5.81. The number of anilines is 1. The molecule has 0 unspecified atom stereocenters. The van der Waals surface area contributed by atoms with Gasteiger partial charge in [0.15, 0.2) is 11.5 Å². The van der Waals surface area contributed by atoms with Gasteiger partial charge in [-0.15, -0.1) is 0 Å². The number of ether oxygens (including phenoxy) is 2. The molecule has 0 bridgehead atoms. The van der Waals surface area contributed by atoms with Gasteiger partial charge in [0.2, 0.25) is 0 Å². The van der Waals surface area contributed by atoms with Crippen molar-refractivity contribution in [3.8, 4) is 22.6 Å². The highest BCUT2D eigenvalue weighted by Gasteiger charge is 2.16. The number of benzene rings is 1. The first kappa shape index (κ1) is 11.8. The molecule has 17 heavy (non-hydrogen) atoms. The number of aromatic nitrogens is 2. The molecule has 5 nitrogen and oxygen atoms in total. The summed E-state index contributed by atoms with van der Waals surface area (Å²) >= 11 is 3.42. The standard InChI is InChI=1S/C11H12BrN3O2/c1-16-9-4-6(12)3-7(10(9)17-2)8-5-14-15-11(8)13/h3-5H,1-2H3,(H3,13,14,15). The molecule has 0 spiro atoms. The molecule has 2 aromatic rings. The molecule has 2 rings (SSSR count). The topological polar surface area (TPSA) is 73.2 Å². The minimum absolute atomic E-state index is 0.489. The van der Waals surface area contributed by atoms with E-state index >= 15 is 0 Å². The summed E-state index contributed by atoms with van der Waals surface area (Å²) in [6.07, 6.45) is 1.65. The Morgan fingerprint density at radius 1 is 1.24 bits per heavy atom. The van der Waals surface area contributed by atoms with Crippen LogP contribution in [0.1, 0.15) is 0 Å². The SMILES string of the molecule is COc1cc(Br)cc(-c2cn[nH]c2N)c1OC. The summed E-state index contributed by atoms with van der Waals surface area (Å²) in [5.41, 5.74) is 7.41. The molecule has 0 amide bonds. The van der Waals surface area contributed by atoms with Crippen LogP contribution in [0.5, 0.6) is 11.5 Å². The van der Waals surface area contributed by atoms with Crippen LogP contribution in [0.15, 0.2) is 22.8 Å². The summed E-state index contributed by atoms with van der Waals surface area (Å²) in [7, 11) is 3.18. The molecule has 1 aromatic carbocycles. The smallest absolute Gasteiger partial charge is 0.168 e. The predicted molar refractivity (Wildman–Crippen MR) is 69.2 cm³/mol. The Balaban J connectivity index is 2.68. The van der Waals surface area contributed by atoms with Crippen LogP contribution in [-0.2, 0) is 0 Å². The van der Waals surface area contributed by atoms with E-state index in [2.05, 4.69) is 26.1 Å². The predicted octanol–water partition coefficient (Wildman–Crippen LogP) is 2.44. The number of rotatable bonds is 3. The van der Waals surface area contributed by atoms with Gasteiger partial charge in [-0.25, -0.2) is 0 Å². The van der Waals surface area contributed by atoms with Gasteiger partial charge in [-0.05, 0) is 12.1 Å². The summed E-state index contributed by atoms with van der Waals surface area (Å²) in [6.45, 7) is 0. The molecule has 1 aromatic heterocycles. The fraction of sp³-hybridized carbons (Fsp3) is 0.182. The lowest BCUT2D eigenvalue weighted by Crippen LogP contribution is -1.95. The molecular formula is C11H12BrN3O2. The molecule has 0 fully saturated rings. The first-order valence-electron chi connectivity index (χ1n) is 4.88. The minimum atomic E-state index is 0.489. The molecule has 0 aliphatic carbocycles. The molecule has 0 aliphatic heterocycles. The van der Waals surface area contributed by atoms with Crippen molar-refractivity contribution in [3.05, 3.63) is 22.8 Å². The van der Waals surface area contributed by atoms with E-state index in [0.29, 0.717) is 17.3 Å². The summed E-state index contributed by atoms with van der Waals surface area (Å²) in [6, 6.07) is 3.74. The second-order valence-electron chi connectivity index (χ2n) is 3.39. The van der Waals surface area contributed by atoms with Crippen molar-refractivity contribution in [2.45, 2.75) is 0 Å². The highest BCUT2D eigenvalue weighted by molar-refractivity contribution is 9.10. The lowest BCUT2D eigenvalue weighted by molar-refractivity contribution is 0.356. The van der Waals surface area contributed by atoms with E-state index in [1.165, 1.54) is 0 Å². The molecule has 0 radical (unpaired) electrons. The number of nitrogens with one attached hydrogen (secondary N) is 1. The van der Waals surface area contributed by atoms with Crippen LogP contribution in [0.25, 0.3) is 11.1 Å². The lowest BCUT2D eigenvalue weighted by Gasteiger charge is -2.12. The second-order valence-corrected chi connectivity index (χ2v) is 4.30. The van der Waals surface area contributed by atoms with Crippen LogP contribution < -0.4 is 15.2 Å². The lowest BCUT2D eigenvalue weighted by atomic mass is 10.1. The van der Waals surface area contributed by atoms with Crippen molar-refractivity contribution >= 4 is 21.7 Å². The zero-order chi connectivity index (χ0) is 12.4. The largest absolute Gasteiger partial charge is 0.493 e. The molecule has 0 atom stereocenters. The summed E-state index contributed by atoms with van der Waals surface area (Å²) < 4.78 is 11.5. The van der Waals surface area contributed by atoms with Crippen LogP contribution in [0.2, 0.25) is 0 Å². The maximum Gasteiger partial charge on any atom is 0.168 e. The number of hydrogen-bond acceptors (Lipinski definition) is 4. The number of nitrogen functional groups attached to an aromatic ring is 1. The second kappa shape index (κ2) is 4.67. The average Bonchev–Trinajstić information content (AvgIpc) is 2.74. The molecular weight excluding hydrogens is 286 g/mol. The van der Waals surface area contributed by atoms with E-state index < -0.39 is 0 Å². The third-order valence-electron chi connectivity index (χ3n) is 2.40. The van der Waals surface area contributed by atoms with Crippen LogP contribution >= 0.6 is 15.9 Å². The zero-order valence-corrected chi connectivity index (χ0v) is 11.0. The average molecular weight is 298 g/mol. The van der Waals surface area contributed by atoms with E-state index in [-0.39, 0.29) is 0 Å². The number of methoxy groups -OCH3 is 2. The first-order chi connectivity index (χ1) is 8.17. The summed E-state index contributed by atoms with van der Waals surface area (Å²) in [5.74, 6) is 1.75. The normalized spacial score (nSPS) is 10.3. The van der Waals surface area contributed by atoms with Gasteiger partial charge in [-0.3, -0.25) is 5.10 Å². The monoisotopic (exact) mass is 297 g/mol. The Hall–Kier alpha value is -1.69. The van der Waals surface area contributed by atoms with Crippen LogP contribution in [0.3, 0.4) is 0 Å². The highest BCUT2D eigenvalue weighted by Crippen LogP contribution is 2.41. The van der Waals surface area contributed by atoms with Gasteiger partial charge in [0.25, 0.3) is 0 Å². The Morgan fingerprint density at radius 3 is 2.53 bits per heavy atom. The molecule has 3 N–H and O–H groups in total. The summed E-state index contributed by atoms with van der Waals surface area (Å²) in [5, 5.41) is 6.59. The van der Waals surface area contributed by atoms with Crippen molar-refractivity contribution in [3.63, 3.8) is 0 Å². The van der Waals surface area contributed by atoms with Crippen molar-refractivity contribution in [1.29, 1.82) is 0 Å². The van der Waals surface area contributed by atoms with Gasteiger partial charge in [0.05, 0.1) is 20.4 Å². The Bertz CT molecular complexity index is 540. The quantitative estimate of drug-likeness (QED) is 0.913. The van der Waals surface area contributed by atoms with Crippen LogP contribution in [0.4, 0.5) is 5.82 Å². The van der Waals surface area contributed by atoms with Gasteiger partial charge >= 0.3 is 0 Å². The van der Waals surface area contributed by atoms with E-state index in [0.717, 1.165) is 15.6 Å². The van der Waals surface area contributed by atoms with Crippen molar-refractivity contribution in [2.75, 3.05) is 20.0 Å². The van der Waals surface area contributed by atoms with E-state index in [1.54, 1.807) is 20.4 Å². The van der Waals surface area contributed by atoms with Gasteiger partial charge in [-0.2, -0.15) is 5.10 Å². The van der Waals surface area contributed by atoms with Crippen LogP contribution in [-0.4, -0.2) is 24.4 Å². The van der Waals surface area contributed by atoms with Crippen molar-refractivity contribution in [1.82, 2.24) is 10.2 Å². The molecule has 0 saturated carbocycles. The number of H-pyrrole nitrogens is 1. The summed E-state index contributed by atoms with van der Waals surface area (Å²) in [4.78, 5) is 0. The first-order valence-corrected chi connectivity index (χ1v) is 5.67. The van der Waals surface area contributed by atoms with E-state index in [9.17, 15) is 0 Å². The Morgan fingerprint density at radius 2 is 2.00 bits per heavy atom. The molecule has 0 aliphatic rings. The number of nitrogens with two attached hydrogens (primary N) is 1. The minimum Gasteiger partial charge on any atom is -0.493 e. The van der Waals surface area contributed by atoms with Crippen LogP contribution in [0, 0.1) is 0 Å². The molecule has 90 valence electrons. The fourth-order valence-corrected chi connectivity index (χ4v) is 2.08. The van der Waals surface area contributed by atoms with Crippen molar-refractivity contribution in [2.24, 2.45) is 0 Å². The number of aromatic amines is 1. The number of nitrogens with zero attached hydrogens (tertiary/aromatic N) is 1. The van der Waals surface area contributed by atoms with Crippen molar-refractivity contribution < 1.29 is 9.47 Å².